The molecule has 0 bridgehead atoms. The average molecular weight is 275 g/mol. The fourth-order valence-electron chi connectivity index (χ4n) is 2.00. The molecule has 102 valence electrons. The van der Waals surface area contributed by atoms with E-state index in [1.165, 1.54) is 6.20 Å². The molecule has 1 fully saturated rings. The summed E-state index contributed by atoms with van der Waals surface area (Å²) in [6, 6.07) is 9.74. The summed E-state index contributed by atoms with van der Waals surface area (Å²) in [5.41, 5.74) is 1.06. The summed E-state index contributed by atoms with van der Waals surface area (Å²) in [7, 11) is 0. The Morgan fingerprint density at radius 3 is 2.62 bits per heavy atom. The van der Waals surface area contributed by atoms with E-state index < -0.39 is 5.97 Å². The first-order valence-electron chi connectivity index (χ1n) is 6.60. The van der Waals surface area contributed by atoms with Gasteiger partial charge >= 0.3 is 18.9 Å². The summed E-state index contributed by atoms with van der Waals surface area (Å²) in [4.78, 5) is 19.5. The van der Waals surface area contributed by atoms with Crippen molar-refractivity contribution in [1.29, 1.82) is 0 Å². The molecule has 6 heteroatoms. The van der Waals surface area contributed by atoms with Crippen LogP contribution in [0.5, 0.6) is 0 Å². The molecule has 0 amide bonds. The largest absolute Gasteiger partial charge is 1.00 e. The van der Waals surface area contributed by atoms with E-state index in [1.807, 2.05) is 30.3 Å². The van der Waals surface area contributed by atoms with Crippen LogP contribution in [-0.2, 0) is 6.54 Å². The minimum atomic E-state index is -1.26. The molecule has 5 nitrogen and oxygen atoms in total. The Morgan fingerprint density at radius 2 is 2.00 bits per heavy atom. The van der Waals surface area contributed by atoms with E-state index in [2.05, 4.69) is 15.3 Å². The van der Waals surface area contributed by atoms with Gasteiger partial charge in [-0.05, 0) is 18.4 Å². The zero-order chi connectivity index (χ0) is 13.9. The molecule has 1 N–H and O–H groups in total. The molecule has 0 aliphatic heterocycles. The van der Waals surface area contributed by atoms with Crippen LogP contribution in [0.15, 0.2) is 36.5 Å². The Bertz CT molecular complexity index is 630. The SMILES string of the molecule is O=C([O-])c1cnc(C2CC2)nc1NCc1ccccc1.[Li+]. The van der Waals surface area contributed by atoms with Crippen LogP contribution in [0.25, 0.3) is 0 Å². The third-order valence-electron chi connectivity index (χ3n) is 3.27. The summed E-state index contributed by atoms with van der Waals surface area (Å²) in [6.07, 6.45) is 3.48. The van der Waals surface area contributed by atoms with Crippen molar-refractivity contribution in [1.82, 2.24) is 9.97 Å². The number of carbonyl (C=O) groups is 1. The van der Waals surface area contributed by atoms with Gasteiger partial charge in [-0.2, -0.15) is 0 Å². The van der Waals surface area contributed by atoms with E-state index in [-0.39, 0.29) is 24.4 Å². The molecule has 0 atom stereocenters. The number of nitrogens with one attached hydrogen (secondary N) is 1. The zero-order valence-corrected chi connectivity index (χ0v) is 11.9. The molecule has 3 rings (SSSR count). The molecule has 1 aliphatic rings. The van der Waals surface area contributed by atoms with Gasteiger partial charge in [0.2, 0.25) is 0 Å². The Morgan fingerprint density at radius 1 is 1.29 bits per heavy atom. The van der Waals surface area contributed by atoms with Gasteiger partial charge in [-0.1, -0.05) is 30.3 Å². The van der Waals surface area contributed by atoms with E-state index in [1.54, 1.807) is 0 Å². The number of carboxylic acid groups (broad SMARTS) is 1. The van der Waals surface area contributed by atoms with Crippen LogP contribution in [0.3, 0.4) is 0 Å². The molecule has 1 aliphatic carbocycles. The summed E-state index contributed by atoms with van der Waals surface area (Å²) in [5, 5.41) is 14.2. The maximum Gasteiger partial charge on any atom is 1.00 e. The van der Waals surface area contributed by atoms with Gasteiger partial charge < -0.3 is 15.2 Å². The fraction of sp³-hybridized carbons (Fsp3) is 0.267. The first-order valence-corrected chi connectivity index (χ1v) is 6.60. The molecule has 1 heterocycles. The quantitative estimate of drug-likeness (QED) is 0.660. The normalized spacial score (nSPS) is 13.3. The van der Waals surface area contributed by atoms with E-state index >= 15 is 0 Å². The summed E-state index contributed by atoms with van der Waals surface area (Å²) >= 11 is 0. The van der Waals surface area contributed by atoms with E-state index in [0.29, 0.717) is 24.1 Å². The second kappa shape index (κ2) is 6.75. The zero-order valence-electron chi connectivity index (χ0n) is 11.9. The first-order chi connectivity index (χ1) is 9.74. The molecule has 21 heavy (non-hydrogen) atoms. The number of hydrogen-bond acceptors (Lipinski definition) is 5. The number of nitrogens with zero attached hydrogens (tertiary/aromatic N) is 2. The summed E-state index contributed by atoms with van der Waals surface area (Å²) < 4.78 is 0. The predicted octanol–water partition coefficient (Wildman–Crippen LogP) is -1.67. The van der Waals surface area contributed by atoms with Crippen molar-refractivity contribution in [3.63, 3.8) is 0 Å². The van der Waals surface area contributed by atoms with Gasteiger partial charge in [0, 0.05) is 18.7 Å². The second-order valence-electron chi connectivity index (χ2n) is 4.89. The topological polar surface area (TPSA) is 77.9 Å². The number of carboxylic acids is 1. The van der Waals surface area contributed by atoms with Gasteiger partial charge in [-0.15, -0.1) is 0 Å². The molecule has 2 aromatic rings. The van der Waals surface area contributed by atoms with Gasteiger partial charge in [0.05, 0.1) is 11.5 Å². The van der Waals surface area contributed by atoms with Gasteiger partial charge in [0.15, 0.2) is 0 Å². The van der Waals surface area contributed by atoms with Crippen molar-refractivity contribution in [2.75, 3.05) is 5.32 Å². The number of aromatic nitrogens is 2. The van der Waals surface area contributed by atoms with Crippen LogP contribution in [-0.4, -0.2) is 15.9 Å². The van der Waals surface area contributed by atoms with Crippen molar-refractivity contribution >= 4 is 11.8 Å². The minimum Gasteiger partial charge on any atom is -0.545 e. The average Bonchev–Trinajstić information content (AvgIpc) is 3.30. The Hall–Kier alpha value is -1.83. The maximum absolute atomic E-state index is 11.1. The summed E-state index contributed by atoms with van der Waals surface area (Å²) in [5.74, 6) is 0.169. The molecular formula is C15H14LiN3O2. The van der Waals surface area contributed by atoms with Gasteiger partial charge in [-0.25, -0.2) is 9.97 Å². The maximum atomic E-state index is 11.1. The molecule has 1 saturated carbocycles. The van der Waals surface area contributed by atoms with Crippen LogP contribution in [0.2, 0.25) is 0 Å². The Kier molecular flexibility index (Phi) is 5.00. The van der Waals surface area contributed by atoms with E-state index in [4.69, 9.17) is 0 Å². The van der Waals surface area contributed by atoms with Crippen molar-refractivity contribution in [3.05, 3.63) is 53.5 Å². The smallest absolute Gasteiger partial charge is 0.545 e. The van der Waals surface area contributed by atoms with Crippen LogP contribution in [0.4, 0.5) is 5.82 Å². The molecular weight excluding hydrogens is 261 g/mol. The van der Waals surface area contributed by atoms with Crippen molar-refractivity contribution in [3.8, 4) is 0 Å². The fourth-order valence-corrected chi connectivity index (χ4v) is 2.00. The van der Waals surface area contributed by atoms with Crippen molar-refractivity contribution in [2.45, 2.75) is 25.3 Å². The van der Waals surface area contributed by atoms with Crippen LogP contribution < -0.4 is 29.3 Å². The predicted molar refractivity (Wildman–Crippen MR) is 72.1 cm³/mol. The summed E-state index contributed by atoms with van der Waals surface area (Å²) in [6.45, 7) is 0.516. The Labute approximate surface area is 135 Å². The van der Waals surface area contributed by atoms with Gasteiger partial charge in [0.1, 0.15) is 11.6 Å². The van der Waals surface area contributed by atoms with Gasteiger partial charge in [-0.3, -0.25) is 0 Å². The molecule has 0 unspecified atom stereocenters. The van der Waals surface area contributed by atoms with Crippen molar-refractivity contribution < 1.29 is 28.8 Å². The minimum absolute atomic E-state index is 0. The molecule has 0 radical (unpaired) electrons. The third-order valence-corrected chi connectivity index (χ3v) is 3.27. The van der Waals surface area contributed by atoms with Crippen LogP contribution in [0.1, 0.15) is 40.5 Å². The van der Waals surface area contributed by atoms with E-state index in [9.17, 15) is 9.90 Å². The number of aromatic carboxylic acids is 1. The molecule has 0 spiro atoms. The monoisotopic (exact) mass is 275 g/mol. The van der Waals surface area contributed by atoms with Crippen molar-refractivity contribution in [2.24, 2.45) is 0 Å². The number of carbonyl (C=O) groups excluding carboxylic acids is 1. The number of benzene rings is 1. The van der Waals surface area contributed by atoms with Crippen LogP contribution >= 0.6 is 0 Å². The standard InChI is InChI=1S/C15H15N3O2.Li/c19-15(20)12-9-17-13(11-6-7-11)18-14(12)16-8-10-4-2-1-3-5-10;/h1-5,9,11H,6-8H2,(H,19,20)(H,16,17,18);/q;+1/p-1. The first kappa shape index (κ1) is 15.6. The number of rotatable bonds is 5. The number of hydrogen-bond donors (Lipinski definition) is 1. The molecule has 1 aromatic carbocycles. The third kappa shape index (κ3) is 3.84. The Balaban J connectivity index is 0.00000161. The molecule has 0 saturated heterocycles. The van der Waals surface area contributed by atoms with E-state index in [0.717, 1.165) is 18.4 Å². The molecule has 1 aromatic heterocycles. The van der Waals surface area contributed by atoms with Crippen LogP contribution in [0, 0.1) is 0 Å². The van der Waals surface area contributed by atoms with Gasteiger partial charge in [0.25, 0.3) is 0 Å². The number of anilines is 1. The second-order valence-corrected chi connectivity index (χ2v) is 4.89.